The number of hydrogen-bond acceptors (Lipinski definition) is 3. The molecular formula is C18H24N4O. The molecule has 0 bridgehead atoms. The van der Waals surface area contributed by atoms with E-state index >= 15 is 0 Å². The molecule has 0 aliphatic rings. The van der Waals surface area contributed by atoms with Crippen LogP contribution in [0, 0.1) is 6.92 Å². The molecule has 23 heavy (non-hydrogen) atoms. The van der Waals surface area contributed by atoms with Crippen LogP contribution in [0.4, 0.5) is 11.5 Å². The van der Waals surface area contributed by atoms with Gasteiger partial charge in [-0.25, -0.2) is 4.98 Å². The quantitative estimate of drug-likeness (QED) is 0.460. The van der Waals surface area contributed by atoms with Gasteiger partial charge in [0.05, 0.1) is 6.61 Å². The van der Waals surface area contributed by atoms with Crippen molar-refractivity contribution in [3.05, 3.63) is 48.2 Å². The van der Waals surface area contributed by atoms with Crippen molar-refractivity contribution in [1.82, 2.24) is 4.98 Å². The van der Waals surface area contributed by atoms with Gasteiger partial charge in [-0.2, -0.15) is 4.99 Å². The topological polar surface area (TPSA) is 72.5 Å². The first kappa shape index (κ1) is 16.8. The van der Waals surface area contributed by atoms with Gasteiger partial charge in [-0.05, 0) is 49.7 Å². The van der Waals surface area contributed by atoms with Gasteiger partial charge in [0.1, 0.15) is 5.75 Å². The van der Waals surface area contributed by atoms with E-state index in [0.717, 1.165) is 30.2 Å². The maximum atomic E-state index is 5.91. The molecule has 0 spiro atoms. The van der Waals surface area contributed by atoms with Crippen molar-refractivity contribution < 1.29 is 4.74 Å². The predicted octanol–water partition coefficient (Wildman–Crippen LogP) is 4.02. The van der Waals surface area contributed by atoms with Crippen molar-refractivity contribution >= 4 is 17.5 Å². The Labute approximate surface area is 137 Å². The number of aryl methyl sites for hydroxylation is 1. The molecule has 0 amide bonds. The molecule has 1 aromatic carbocycles. The lowest BCUT2D eigenvalue weighted by molar-refractivity contribution is 0.306. The van der Waals surface area contributed by atoms with Gasteiger partial charge >= 0.3 is 0 Å². The number of aliphatic imine (C=N–C) groups is 1. The summed E-state index contributed by atoms with van der Waals surface area (Å²) in [4.78, 5) is 8.54. The predicted molar refractivity (Wildman–Crippen MR) is 95.3 cm³/mol. The smallest absolute Gasteiger partial charge is 0.199 e. The largest absolute Gasteiger partial charge is 0.494 e. The standard InChI is InChI=1S/C18H24N4O/c1-3-4-5-13-23-16-11-9-15(10-12-16)21-18(19)22-17-8-6-7-14(2)20-17/h6-12H,3-5,13H2,1-2H3,(H3,19,20,21,22). The monoisotopic (exact) mass is 312 g/mol. The molecule has 2 rings (SSSR count). The van der Waals surface area contributed by atoms with Crippen LogP contribution in [0.2, 0.25) is 0 Å². The highest BCUT2D eigenvalue weighted by Gasteiger charge is 1.99. The Bertz CT molecular complexity index is 638. The van der Waals surface area contributed by atoms with Crippen LogP contribution in [0.1, 0.15) is 31.9 Å². The second-order valence-electron chi connectivity index (χ2n) is 5.34. The van der Waals surface area contributed by atoms with E-state index in [1.54, 1.807) is 0 Å². The number of hydrogen-bond donors (Lipinski definition) is 2. The average molecular weight is 312 g/mol. The fourth-order valence-electron chi connectivity index (χ4n) is 2.07. The lowest BCUT2D eigenvalue weighted by atomic mass is 10.2. The molecule has 0 aliphatic heterocycles. The number of nitrogens with zero attached hydrogens (tertiary/aromatic N) is 2. The summed E-state index contributed by atoms with van der Waals surface area (Å²) in [5.74, 6) is 1.76. The van der Waals surface area contributed by atoms with E-state index < -0.39 is 0 Å². The zero-order chi connectivity index (χ0) is 16.5. The number of unbranched alkanes of at least 4 members (excludes halogenated alkanes) is 2. The van der Waals surface area contributed by atoms with Crippen molar-refractivity contribution in [2.75, 3.05) is 11.9 Å². The third-order valence-corrected chi connectivity index (χ3v) is 3.25. The molecule has 0 aliphatic carbocycles. The van der Waals surface area contributed by atoms with Crippen molar-refractivity contribution in [1.29, 1.82) is 0 Å². The summed E-state index contributed by atoms with van der Waals surface area (Å²) in [5, 5.41) is 3.05. The lowest BCUT2D eigenvalue weighted by Gasteiger charge is -2.08. The van der Waals surface area contributed by atoms with Gasteiger partial charge in [0.2, 0.25) is 0 Å². The molecule has 5 nitrogen and oxygen atoms in total. The number of anilines is 1. The number of benzene rings is 1. The van der Waals surface area contributed by atoms with E-state index in [-0.39, 0.29) is 0 Å². The third kappa shape index (κ3) is 5.98. The van der Waals surface area contributed by atoms with E-state index in [0.29, 0.717) is 11.8 Å². The van der Waals surface area contributed by atoms with Gasteiger partial charge in [0, 0.05) is 11.4 Å². The number of ether oxygens (including phenoxy) is 1. The van der Waals surface area contributed by atoms with Gasteiger partial charge in [-0.15, -0.1) is 0 Å². The summed E-state index contributed by atoms with van der Waals surface area (Å²) in [6, 6.07) is 13.3. The fourth-order valence-corrected chi connectivity index (χ4v) is 2.07. The van der Waals surface area contributed by atoms with Crippen molar-refractivity contribution in [2.24, 2.45) is 10.7 Å². The highest BCUT2D eigenvalue weighted by Crippen LogP contribution is 2.16. The molecule has 1 aromatic heterocycles. The summed E-state index contributed by atoms with van der Waals surface area (Å²) >= 11 is 0. The zero-order valence-electron chi connectivity index (χ0n) is 13.7. The summed E-state index contributed by atoms with van der Waals surface area (Å²) < 4.78 is 5.68. The summed E-state index contributed by atoms with van der Waals surface area (Å²) in [6.45, 7) is 4.85. The molecule has 122 valence electrons. The molecule has 2 aromatic rings. The van der Waals surface area contributed by atoms with E-state index in [2.05, 4.69) is 22.2 Å². The molecule has 5 heteroatoms. The summed E-state index contributed by atoms with van der Waals surface area (Å²) in [6.07, 6.45) is 3.47. The number of rotatable bonds is 7. The summed E-state index contributed by atoms with van der Waals surface area (Å²) in [7, 11) is 0. The first-order chi connectivity index (χ1) is 11.2. The SMILES string of the molecule is CCCCCOc1ccc(NC(N)=Nc2cccc(C)n2)cc1. The van der Waals surface area contributed by atoms with Crippen molar-refractivity contribution in [2.45, 2.75) is 33.1 Å². The Balaban J connectivity index is 1.89. The number of aromatic nitrogens is 1. The molecule has 0 radical (unpaired) electrons. The number of nitrogens with one attached hydrogen (secondary N) is 1. The first-order valence-corrected chi connectivity index (χ1v) is 7.95. The maximum Gasteiger partial charge on any atom is 0.199 e. The fraction of sp³-hybridized carbons (Fsp3) is 0.333. The van der Waals surface area contributed by atoms with Crippen molar-refractivity contribution in [3.8, 4) is 5.75 Å². The first-order valence-electron chi connectivity index (χ1n) is 7.95. The van der Waals surface area contributed by atoms with Gasteiger partial charge in [0.25, 0.3) is 0 Å². The Morgan fingerprint density at radius 3 is 2.65 bits per heavy atom. The Morgan fingerprint density at radius 1 is 1.17 bits per heavy atom. The van der Waals surface area contributed by atoms with Crippen molar-refractivity contribution in [3.63, 3.8) is 0 Å². The normalized spacial score (nSPS) is 11.3. The highest BCUT2D eigenvalue weighted by atomic mass is 16.5. The Kier molecular flexibility index (Phi) is 6.41. The van der Waals surface area contributed by atoms with Crippen LogP contribution in [0.5, 0.6) is 5.75 Å². The maximum absolute atomic E-state index is 5.91. The van der Waals surface area contributed by atoms with Crippen LogP contribution in [0.3, 0.4) is 0 Å². The van der Waals surface area contributed by atoms with E-state index in [9.17, 15) is 0 Å². The lowest BCUT2D eigenvalue weighted by Crippen LogP contribution is -2.22. The van der Waals surface area contributed by atoms with Crippen LogP contribution in [0.15, 0.2) is 47.5 Å². The minimum atomic E-state index is 0.305. The molecule has 0 saturated carbocycles. The van der Waals surface area contributed by atoms with Gasteiger partial charge in [-0.3, -0.25) is 0 Å². The molecule has 0 saturated heterocycles. The van der Waals surface area contributed by atoms with Gasteiger partial charge in [0.15, 0.2) is 11.8 Å². The molecular weight excluding hydrogens is 288 g/mol. The minimum Gasteiger partial charge on any atom is -0.494 e. The number of pyridine rings is 1. The third-order valence-electron chi connectivity index (χ3n) is 3.25. The molecule has 1 heterocycles. The summed E-state index contributed by atoms with van der Waals surface area (Å²) in [5.41, 5.74) is 7.67. The van der Waals surface area contributed by atoms with E-state index in [4.69, 9.17) is 10.5 Å². The van der Waals surface area contributed by atoms with Crippen LogP contribution >= 0.6 is 0 Å². The van der Waals surface area contributed by atoms with E-state index in [1.807, 2.05) is 49.4 Å². The van der Waals surface area contributed by atoms with Gasteiger partial charge < -0.3 is 15.8 Å². The van der Waals surface area contributed by atoms with Crippen LogP contribution < -0.4 is 15.8 Å². The van der Waals surface area contributed by atoms with E-state index in [1.165, 1.54) is 12.8 Å². The molecule has 0 fully saturated rings. The Hall–Kier alpha value is -2.56. The second-order valence-corrected chi connectivity index (χ2v) is 5.34. The van der Waals surface area contributed by atoms with Crippen LogP contribution in [0.25, 0.3) is 0 Å². The van der Waals surface area contributed by atoms with Crippen LogP contribution in [-0.4, -0.2) is 17.6 Å². The highest BCUT2D eigenvalue weighted by molar-refractivity contribution is 5.93. The van der Waals surface area contributed by atoms with Gasteiger partial charge in [-0.1, -0.05) is 25.8 Å². The average Bonchev–Trinajstić information content (AvgIpc) is 2.53. The zero-order valence-corrected chi connectivity index (χ0v) is 13.7. The molecule has 3 N–H and O–H groups in total. The minimum absolute atomic E-state index is 0.305. The number of guanidine groups is 1. The second kappa shape index (κ2) is 8.78. The van der Waals surface area contributed by atoms with Crippen LogP contribution in [-0.2, 0) is 0 Å². The Morgan fingerprint density at radius 2 is 1.96 bits per heavy atom. The molecule has 0 atom stereocenters. The molecule has 0 unspecified atom stereocenters. The number of nitrogens with two attached hydrogens (primary N) is 1.